The van der Waals surface area contributed by atoms with Crippen LogP contribution in [0, 0.1) is 11.6 Å². The fraction of sp³-hybridized carbons (Fsp3) is 0.250. The lowest BCUT2D eigenvalue weighted by molar-refractivity contribution is 0.430. The van der Waals surface area contributed by atoms with Crippen LogP contribution in [0.2, 0.25) is 0 Å². The molecular weight excluding hydrogens is 244 g/mol. The summed E-state index contributed by atoms with van der Waals surface area (Å²) in [4.78, 5) is 0. The molecule has 0 aliphatic carbocycles. The number of rotatable bonds is 4. The van der Waals surface area contributed by atoms with Crippen molar-refractivity contribution in [3.63, 3.8) is 0 Å². The topological polar surface area (TPSA) is 26.0 Å². The summed E-state index contributed by atoms with van der Waals surface area (Å²) in [6.07, 6.45) is 1.33. The van der Waals surface area contributed by atoms with E-state index in [1.165, 1.54) is 6.07 Å². The number of benzene rings is 2. The predicted octanol–water partition coefficient (Wildman–Crippen LogP) is 3.97. The molecule has 0 spiro atoms. The predicted molar refractivity (Wildman–Crippen MR) is 72.7 cm³/mol. The second-order valence-corrected chi connectivity index (χ2v) is 4.69. The van der Waals surface area contributed by atoms with E-state index >= 15 is 0 Å². The van der Waals surface area contributed by atoms with Crippen molar-refractivity contribution in [1.82, 2.24) is 0 Å². The van der Waals surface area contributed by atoms with Gasteiger partial charge < -0.3 is 5.73 Å². The molecule has 2 N–H and O–H groups in total. The molecule has 0 radical (unpaired) electrons. The summed E-state index contributed by atoms with van der Waals surface area (Å²) in [6, 6.07) is 13.4. The molecular formula is C16H17F2N. The highest BCUT2D eigenvalue weighted by Gasteiger charge is 2.32. The molecule has 0 amide bonds. The van der Waals surface area contributed by atoms with Crippen LogP contribution in [-0.2, 0) is 5.54 Å². The van der Waals surface area contributed by atoms with E-state index in [4.69, 9.17) is 5.73 Å². The van der Waals surface area contributed by atoms with Gasteiger partial charge in [-0.15, -0.1) is 0 Å². The van der Waals surface area contributed by atoms with Crippen LogP contribution in [0.1, 0.15) is 30.9 Å². The molecule has 3 heteroatoms. The lowest BCUT2D eigenvalue weighted by Gasteiger charge is -2.31. The molecule has 0 aliphatic rings. The second-order valence-electron chi connectivity index (χ2n) is 4.69. The van der Waals surface area contributed by atoms with Gasteiger partial charge >= 0.3 is 0 Å². The van der Waals surface area contributed by atoms with E-state index in [-0.39, 0.29) is 5.56 Å². The van der Waals surface area contributed by atoms with Gasteiger partial charge in [0.05, 0.1) is 5.54 Å². The zero-order valence-electron chi connectivity index (χ0n) is 10.9. The van der Waals surface area contributed by atoms with Crippen molar-refractivity contribution in [2.24, 2.45) is 5.73 Å². The number of hydrogen-bond acceptors (Lipinski definition) is 1. The Morgan fingerprint density at radius 2 is 1.68 bits per heavy atom. The Labute approximate surface area is 112 Å². The van der Waals surface area contributed by atoms with Crippen molar-refractivity contribution in [3.8, 4) is 0 Å². The SMILES string of the molecule is CCCC(N)(c1ccccc1)c1cccc(F)c1F. The van der Waals surface area contributed by atoms with E-state index in [0.29, 0.717) is 6.42 Å². The molecule has 100 valence electrons. The summed E-state index contributed by atoms with van der Waals surface area (Å²) >= 11 is 0. The summed E-state index contributed by atoms with van der Waals surface area (Å²) in [6.45, 7) is 1.97. The Morgan fingerprint density at radius 3 is 2.32 bits per heavy atom. The highest BCUT2D eigenvalue weighted by atomic mass is 19.2. The number of halogens is 2. The molecule has 1 nitrogen and oxygen atoms in total. The van der Waals surface area contributed by atoms with E-state index in [0.717, 1.165) is 18.1 Å². The lowest BCUT2D eigenvalue weighted by atomic mass is 9.80. The van der Waals surface area contributed by atoms with Gasteiger partial charge in [0.1, 0.15) is 0 Å². The third-order valence-corrected chi connectivity index (χ3v) is 3.37. The van der Waals surface area contributed by atoms with Gasteiger partial charge in [-0.1, -0.05) is 55.8 Å². The molecule has 0 heterocycles. The van der Waals surface area contributed by atoms with Crippen LogP contribution in [-0.4, -0.2) is 0 Å². The summed E-state index contributed by atoms with van der Waals surface area (Å²) in [7, 11) is 0. The van der Waals surface area contributed by atoms with Crippen molar-refractivity contribution in [2.45, 2.75) is 25.3 Å². The Balaban J connectivity index is 2.60. The molecule has 1 unspecified atom stereocenters. The molecule has 1 atom stereocenters. The molecule has 0 aromatic heterocycles. The van der Waals surface area contributed by atoms with Crippen LogP contribution < -0.4 is 5.73 Å². The normalized spacial score (nSPS) is 14.1. The average Bonchev–Trinajstić information content (AvgIpc) is 2.43. The van der Waals surface area contributed by atoms with E-state index in [1.807, 2.05) is 37.3 Å². The molecule has 2 rings (SSSR count). The van der Waals surface area contributed by atoms with Gasteiger partial charge in [0, 0.05) is 5.56 Å². The van der Waals surface area contributed by atoms with Crippen molar-refractivity contribution in [3.05, 3.63) is 71.3 Å². The minimum atomic E-state index is -0.998. The van der Waals surface area contributed by atoms with E-state index < -0.39 is 17.2 Å². The fourth-order valence-corrected chi connectivity index (χ4v) is 2.41. The van der Waals surface area contributed by atoms with Crippen molar-refractivity contribution < 1.29 is 8.78 Å². The minimum absolute atomic E-state index is 0.209. The van der Waals surface area contributed by atoms with Gasteiger partial charge in [-0.25, -0.2) is 8.78 Å². The van der Waals surface area contributed by atoms with Gasteiger partial charge in [-0.05, 0) is 18.1 Å². The first-order chi connectivity index (χ1) is 9.09. The third kappa shape index (κ3) is 2.51. The standard InChI is InChI=1S/C16H17F2N/c1-2-11-16(19,12-7-4-3-5-8-12)13-9-6-10-14(17)15(13)18/h3-10H,2,11,19H2,1H3. The Hall–Kier alpha value is -1.74. The Bertz CT molecular complexity index is 554. The molecule has 19 heavy (non-hydrogen) atoms. The van der Waals surface area contributed by atoms with E-state index in [2.05, 4.69) is 0 Å². The number of nitrogens with two attached hydrogens (primary N) is 1. The van der Waals surface area contributed by atoms with Crippen LogP contribution in [0.15, 0.2) is 48.5 Å². The molecule has 0 aliphatic heterocycles. The monoisotopic (exact) mass is 261 g/mol. The first kappa shape index (κ1) is 13.7. The Morgan fingerprint density at radius 1 is 1.00 bits per heavy atom. The molecule has 0 saturated carbocycles. The van der Waals surface area contributed by atoms with Crippen LogP contribution in [0.5, 0.6) is 0 Å². The second kappa shape index (κ2) is 5.49. The van der Waals surface area contributed by atoms with Crippen LogP contribution in [0.3, 0.4) is 0 Å². The van der Waals surface area contributed by atoms with Crippen LogP contribution in [0.25, 0.3) is 0 Å². The third-order valence-electron chi connectivity index (χ3n) is 3.37. The quantitative estimate of drug-likeness (QED) is 0.885. The zero-order chi connectivity index (χ0) is 13.9. The largest absolute Gasteiger partial charge is 0.318 e. The van der Waals surface area contributed by atoms with Crippen LogP contribution in [0.4, 0.5) is 8.78 Å². The van der Waals surface area contributed by atoms with Gasteiger partial charge in [0.15, 0.2) is 11.6 Å². The molecule has 2 aromatic carbocycles. The van der Waals surface area contributed by atoms with Gasteiger partial charge in [-0.2, -0.15) is 0 Å². The van der Waals surface area contributed by atoms with Gasteiger partial charge in [0.25, 0.3) is 0 Å². The maximum absolute atomic E-state index is 14.1. The first-order valence-corrected chi connectivity index (χ1v) is 6.38. The van der Waals surface area contributed by atoms with Crippen molar-refractivity contribution in [2.75, 3.05) is 0 Å². The maximum Gasteiger partial charge on any atom is 0.164 e. The lowest BCUT2D eigenvalue weighted by Crippen LogP contribution is -2.39. The zero-order valence-corrected chi connectivity index (χ0v) is 10.9. The van der Waals surface area contributed by atoms with Crippen molar-refractivity contribution in [1.29, 1.82) is 0 Å². The van der Waals surface area contributed by atoms with E-state index in [1.54, 1.807) is 6.07 Å². The fourth-order valence-electron chi connectivity index (χ4n) is 2.41. The molecule has 0 fully saturated rings. The van der Waals surface area contributed by atoms with Gasteiger partial charge in [-0.3, -0.25) is 0 Å². The van der Waals surface area contributed by atoms with Crippen molar-refractivity contribution >= 4 is 0 Å². The first-order valence-electron chi connectivity index (χ1n) is 6.38. The van der Waals surface area contributed by atoms with Gasteiger partial charge in [0.2, 0.25) is 0 Å². The smallest absolute Gasteiger partial charge is 0.164 e. The Kier molecular flexibility index (Phi) is 3.96. The highest BCUT2D eigenvalue weighted by Crippen LogP contribution is 2.33. The van der Waals surface area contributed by atoms with E-state index in [9.17, 15) is 8.78 Å². The van der Waals surface area contributed by atoms with Crippen LogP contribution >= 0.6 is 0 Å². The average molecular weight is 261 g/mol. The minimum Gasteiger partial charge on any atom is -0.318 e. The summed E-state index contributed by atoms with van der Waals surface area (Å²) in [5.74, 6) is -1.72. The number of hydrogen-bond donors (Lipinski definition) is 1. The summed E-state index contributed by atoms with van der Waals surface area (Å²) < 4.78 is 27.5. The summed E-state index contributed by atoms with van der Waals surface area (Å²) in [5, 5.41) is 0. The summed E-state index contributed by atoms with van der Waals surface area (Å²) in [5.41, 5.74) is 6.42. The molecule has 2 aromatic rings. The highest BCUT2D eigenvalue weighted by molar-refractivity contribution is 5.38. The maximum atomic E-state index is 14.1. The molecule has 0 saturated heterocycles. The molecule has 0 bridgehead atoms.